The molecule has 0 spiro atoms. The lowest BCUT2D eigenvalue weighted by Gasteiger charge is -2.13. The van der Waals surface area contributed by atoms with Crippen molar-refractivity contribution in [2.45, 2.75) is 31.2 Å². The highest BCUT2D eigenvalue weighted by molar-refractivity contribution is 9.10. The van der Waals surface area contributed by atoms with E-state index in [2.05, 4.69) is 25.5 Å². The van der Waals surface area contributed by atoms with Crippen molar-refractivity contribution in [3.8, 4) is 11.4 Å². The molecule has 3 heterocycles. The lowest BCUT2D eigenvalue weighted by molar-refractivity contribution is 0.518. The van der Waals surface area contributed by atoms with Crippen LogP contribution in [-0.4, -0.2) is 14.5 Å². The van der Waals surface area contributed by atoms with Crippen LogP contribution in [0.4, 0.5) is 4.39 Å². The summed E-state index contributed by atoms with van der Waals surface area (Å²) in [6.45, 7) is 0. The van der Waals surface area contributed by atoms with Crippen molar-refractivity contribution in [3.05, 3.63) is 34.6 Å². The van der Waals surface area contributed by atoms with Crippen molar-refractivity contribution in [3.63, 3.8) is 0 Å². The molecule has 1 saturated carbocycles. The molecule has 1 fully saturated rings. The number of aromatic nitrogens is 3. The fourth-order valence-corrected chi connectivity index (χ4v) is 3.93. The van der Waals surface area contributed by atoms with Crippen molar-refractivity contribution in [2.24, 2.45) is 0 Å². The Morgan fingerprint density at radius 2 is 2.22 bits per heavy atom. The van der Waals surface area contributed by atoms with E-state index < -0.39 is 0 Å². The van der Waals surface area contributed by atoms with Crippen LogP contribution in [0, 0.1) is 5.82 Å². The highest BCUT2D eigenvalue weighted by Crippen LogP contribution is 2.51. The van der Waals surface area contributed by atoms with E-state index in [9.17, 15) is 4.39 Å². The van der Waals surface area contributed by atoms with E-state index in [-0.39, 0.29) is 5.82 Å². The number of rotatable bonds is 1. The first kappa shape index (κ1) is 10.7. The van der Waals surface area contributed by atoms with Crippen molar-refractivity contribution in [2.75, 3.05) is 0 Å². The summed E-state index contributed by atoms with van der Waals surface area (Å²) in [6, 6.07) is 3.69. The van der Waals surface area contributed by atoms with E-state index in [1.807, 2.05) is 0 Å². The molecule has 0 saturated heterocycles. The molecule has 92 valence electrons. The quantitative estimate of drug-likeness (QED) is 0.805. The topological polar surface area (TPSA) is 30.7 Å². The van der Waals surface area contributed by atoms with Gasteiger partial charge in [-0.25, -0.2) is 9.37 Å². The summed E-state index contributed by atoms with van der Waals surface area (Å²) in [5.74, 6) is 1.45. The molecule has 2 aliphatic rings. The minimum atomic E-state index is -0.318. The Bertz CT molecular complexity index is 620. The largest absolute Gasteiger partial charge is 0.319 e. The molecule has 2 atom stereocenters. The minimum Gasteiger partial charge on any atom is -0.319 e. The summed E-state index contributed by atoms with van der Waals surface area (Å²) in [5, 5.41) is 0. The van der Waals surface area contributed by atoms with Crippen LogP contribution in [0.1, 0.15) is 37.0 Å². The zero-order valence-electron chi connectivity index (χ0n) is 9.61. The maximum absolute atomic E-state index is 12.9. The van der Waals surface area contributed by atoms with Gasteiger partial charge in [0.25, 0.3) is 0 Å². The normalized spacial score (nSPS) is 24.6. The molecule has 2 aromatic heterocycles. The summed E-state index contributed by atoms with van der Waals surface area (Å²) in [7, 11) is 0. The standard InChI is InChI=1S/C13H11BrFN3/c14-12-11(10-4-2-8(15)6-16-10)17-13-7-1-3-9(5-7)18(12)13/h2,4,6-7,9H,1,3,5H2/t7-,9+/m0/s1. The van der Waals surface area contributed by atoms with E-state index in [1.165, 1.54) is 37.4 Å². The third-order valence-electron chi connectivity index (χ3n) is 3.99. The van der Waals surface area contributed by atoms with Gasteiger partial charge in [0.1, 0.15) is 21.9 Å². The van der Waals surface area contributed by atoms with E-state index in [1.54, 1.807) is 6.07 Å². The Kier molecular flexibility index (Phi) is 2.15. The number of hydrogen-bond donors (Lipinski definition) is 0. The molecule has 18 heavy (non-hydrogen) atoms. The average molecular weight is 308 g/mol. The van der Waals surface area contributed by atoms with E-state index >= 15 is 0 Å². The predicted octanol–water partition coefficient (Wildman–Crippen LogP) is 3.67. The fourth-order valence-electron chi connectivity index (χ4n) is 3.17. The molecule has 4 rings (SSSR count). The van der Waals surface area contributed by atoms with Crippen molar-refractivity contribution in [1.29, 1.82) is 0 Å². The maximum atomic E-state index is 12.9. The summed E-state index contributed by atoms with van der Waals surface area (Å²) in [6.07, 6.45) is 4.94. The Morgan fingerprint density at radius 1 is 1.33 bits per heavy atom. The first-order valence-electron chi connectivity index (χ1n) is 6.13. The molecule has 0 unspecified atom stereocenters. The van der Waals surface area contributed by atoms with Crippen LogP contribution in [-0.2, 0) is 0 Å². The first-order valence-corrected chi connectivity index (χ1v) is 6.93. The maximum Gasteiger partial charge on any atom is 0.141 e. The van der Waals surface area contributed by atoms with E-state index in [4.69, 9.17) is 4.98 Å². The molecule has 1 aliphatic heterocycles. The van der Waals surface area contributed by atoms with Crippen LogP contribution in [0.3, 0.4) is 0 Å². The molecule has 1 aliphatic carbocycles. The number of nitrogens with zero attached hydrogens (tertiary/aromatic N) is 3. The van der Waals surface area contributed by atoms with Gasteiger partial charge in [-0.1, -0.05) is 0 Å². The average Bonchev–Trinajstić information content (AvgIpc) is 3.03. The monoisotopic (exact) mass is 307 g/mol. The number of hydrogen-bond acceptors (Lipinski definition) is 2. The van der Waals surface area contributed by atoms with Gasteiger partial charge in [0.05, 0.1) is 11.9 Å². The van der Waals surface area contributed by atoms with Crippen LogP contribution in [0.2, 0.25) is 0 Å². The molecule has 2 bridgehead atoms. The van der Waals surface area contributed by atoms with Crippen LogP contribution in [0.15, 0.2) is 22.9 Å². The van der Waals surface area contributed by atoms with Gasteiger partial charge in [-0.05, 0) is 47.3 Å². The molecular formula is C13H11BrFN3. The number of halogens is 2. The van der Waals surface area contributed by atoms with Gasteiger partial charge in [0, 0.05) is 12.0 Å². The van der Waals surface area contributed by atoms with Crippen molar-refractivity contribution >= 4 is 15.9 Å². The highest BCUT2D eigenvalue weighted by Gasteiger charge is 2.40. The van der Waals surface area contributed by atoms with Gasteiger partial charge in [-0.15, -0.1) is 0 Å². The molecule has 0 radical (unpaired) electrons. The van der Waals surface area contributed by atoms with Gasteiger partial charge in [-0.3, -0.25) is 4.98 Å². The second-order valence-electron chi connectivity index (χ2n) is 5.00. The molecule has 0 aromatic carbocycles. The van der Waals surface area contributed by atoms with Crippen LogP contribution < -0.4 is 0 Å². The zero-order valence-corrected chi connectivity index (χ0v) is 11.2. The lowest BCUT2D eigenvalue weighted by atomic mass is 10.1. The second kappa shape index (κ2) is 3.63. The molecule has 3 nitrogen and oxygen atoms in total. The molecule has 0 N–H and O–H groups in total. The van der Waals surface area contributed by atoms with E-state index in [0.29, 0.717) is 12.0 Å². The van der Waals surface area contributed by atoms with Gasteiger partial charge in [-0.2, -0.15) is 0 Å². The van der Waals surface area contributed by atoms with E-state index in [0.717, 1.165) is 16.0 Å². The van der Waals surface area contributed by atoms with Crippen molar-refractivity contribution < 1.29 is 4.39 Å². The Balaban J connectivity index is 1.86. The van der Waals surface area contributed by atoms with Crippen LogP contribution in [0.5, 0.6) is 0 Å². The summed E-state index contributed by atoms with van der Waals surface area (Å²) in [4.78, 5) is 8.82. The highest BCUT2D eigenvalue weighted by atomic mass is 79.9. The zero-order chi connectivity index (χ0) is 12.3. The summed E-state index contributed by atoms with van der Waals surface area (Å²) >= 11 is 3.63. The molecule has 5 heteroatoms. The summed E-state index contributed by atoms with van der Waals surface area (Å²) in [5.41, 5.74) is 1.56. The molecule has 2 aromatic rings. The number of imidazole rings is 1. The lowest BCUT2D eigenvalue weighted by Crippen LogP contribution is -2.06. The third-order valence-corrected chi connectivity index (χ3v) is 4.74. The van der Waals surface area contributed by atoms with Gasteiger partial charge in [0.2, 0.25) is 0 Å². The predicted molar refractivity (Wildman–Crippen MR) is 68.7 cm³/mol. The Labute approximate surface area is 112 Å². The summed E-state index contributed by atoms with van der Waals surface area (Å²) < 4.78 is 16.2. The smallest absolute Gasteiger partial charge is 0.141 e. The van der Waals surface area contributed by atoms with Gasteiger partial charge < -0.3 is 4.57 Å². The Hall–Kier alpha value is -1.23. The second-order valence-corrected chi connectivity index (χ2v) is 5.76. The molecular weight excluding hydrogens is 297 g/mol. The SMILES string of the molecule is Fc1ccc(-c2nc3n(c2Br)[C@@H]2CC[C@H]3C2)nc1. The Morgan fingerprint density at radius 3 is 2.94 bits per heavy atom. The van der Waals surface area contributed by atoms with Gasteiger partial charge >= 0.3 is 0 Å². The van der Waals surface area contributed by atoms with Crippen molar-refractivity contribution in [1.82, 2.24) is 14.5 Å². The third kappa shape index (κ3) is 1.34. The van der Waals surface area contributed by atoms with Gasteiger partial charge in [0.15, 0.2) is 0 Å². The first-order chi connectivity index (χ1) is 8.74. The number of pyridine rings is 1. The van der Waals surface area contributed by atoms with Crippen LogP contribution in [0.25, 0.3) is 11.4 Å². The minimum absolute atomic E-state index is 0.318. The molecule has 0 amide bonds. The fraction of sp³-hybridized carbons (Fsp3) is 0.385. The number of fused-ring (bicyclic) bond motifs is 5. The van der Waals surface area contributed by atoms with Crippen LogP contribution >= 0.6 is 15.9 Å².